The normalized spacial score (nSPS) is 13.1. The molecule has 1 atom stereocenters. The average Bonchev–Trinajstić information content (AvgIpc) is 2.24. The predicted molar refractivity (Wildman–Crippen MR) is 71.0 cm³/mol. The van der Waals surface area contributed by atoms with Crippen molar-refractivity contribution in [3.8, 4) is 0 Å². The Labute approximate surface area is 103 Å². The molecule has 90 valence electrons. The van der Waals surface area contributed by atoms with Crippen molar-refractivity contribution in [3.63, 3.8) is 0 Å². The van der Waals surface area contributed by atoms with Gasteiger partial charge in [-0.2, -0.15) is 0 Å². The summed E-state index contributed by atoms with van der Waals surface area (Å²) in [6.07, 6.45) is 0.818. The van der Waals surface area contributed by atoms with E-state index in [4.69, 9.17) is 0 Å². The van der Waals surface area contributed by atoms with Crippen molar-refractivity contribution in [3.05, 3.63) is 29.8 Å². The van der Waals surface area contributed by atoms with Crippen LogP contribution >= 0.6 is 11.8 Å². The van der Waals surface area contributed by atoms with Gasteiger partial charge in [-0.25, -0.2) is 0 Å². The van der Waals surface area contributed by atoms with E-state index in [0.717, 1.165) is 17.9 Å². The minimum atomic E-state index is -0.373. The Balaban J connectivity index is 2.39. The van der Waals surface area contributed by atoms with Gasteiger partial charge in [0.1, 0.15) is 0 Å². The molecule has 16 heavy (non-hydrogen) atoms. The fourth-order valence-corrected chi connectivity index (χ4v) is 2.34. The van der Waals surface area contributed by atoms with Crippen molar-refractivity contribution in [2.75, 3.05) is 26.4 Å². The molecule has 1 rings (SSSR count). The molecule has 0 aliphatic carbocycles. The van der Waals surface area contributed by atoms with Gasteiger partial charge < -0.3 is 10.0 Å². The van der Waals surface area contributed by atoms with Gasteiger partial charge in [-0.15, -0.1) is 11.8 Å². The van der Waals surface area contributed by atoms with Crippen molar-refractivity contribution in [1.29, 1.82) is 0 Å². The SMILES string of the molecule is CC(O)c1cccc(SCCCN(C)C)c1. The standard InChI is InChI=1S/C13H21NOS/c1-11(15)12-6-4-7-13(10-12)16-9-5-8-14(2)3/h4,6-7,10-11,15H,5,8-9H2,1-3H3. The van der Waals surface area contributed by atoms with Gasteiger partial charge in [0.25, 0.3) is 0 Å². The molecule has 0 saturated carbocycles. The van der Waals surface area contributed by atoms with Crippen LogP contribution in [0.25, 0.3) is 0 Å². The number of thioether (sulfide) groups is 1. The molecule has 0 fully saturated rings. The third kappa shape index (κ3) is 5.01. The van der Waals surface area contributed by atoms with E-state index < -0.39 is 0 Å². The number of nitrogens with zero attached hydrogens (tertiary/aromatic N) is 1. The number of aliphatic hydroxyl groups excluding tert-OH is 1. The van der Waals surface area contributed by atoms with Crippen molar-refractivity contribution in [2.24, 2.45) is 0 Å². The topological polar surface area (TPSA) is 23.5 Å². The van der Waals surface area contributed by atoms with Gasteiger partial charge in [0.05, 0.1) is 6.10 Å². The zero-order valence-corrected chi connectivity index (χ0v) is 11.1. The monoisotopic (exact) mass is 239 g/mol. The van der Waals surface area contributed by atoms with Crippen LogP contribution in [0.2, 0.25) is 0 Å². The average molecular weight is 239 g/mol. The molecule has 0 radical (unpaired) electrons. The van der Waals surface area contributed by atoms with E-state index in [9.17, 15) is 5.11 Å². The lowest BCUT2D eigenvalue weighted by atomic mass is 10.1. The van der Waals surface area contributed by atoms with E-state index in [0.29, 0.717) is 0 Å². The van der Waals surface area contributed by atoms with E-state index in [1.165, 1.54) is 11.3 Å². The highest BCUT2D eigenvalue weighted by Gasteiger charge is 2.01. The second kappa shape index (κ2) is 6.94. The van der Waals surface area contributed by atoms with E-state index in [1.54, 1.807) is 6.92 Å². The summed E-state index contributed by atoms with van der Waals surface area (Å²) >= 11 is 1.86. The molecule has 0 aliphatic rings. The van der Waals surface area contributed by atoms with Crippen LogP contribution in [-0.4, -0.2) is 36.4 Å². The van der Waals surface area contributed by atoms with Crippen molar-refractivity contribution in [2.45, 2.75) is 24.3 Å². The minimum Gasteiger partial charge on any atom is -0.389 e. The van der Waals surface area contributed by atoms with Gasteiger partial charge in [0.15, 0.2) is 0 Å². The van der Waals surface area contributed by atoms with Gasteiger partial charge in [0, 0.05) is 4.90 Å². The van der Waals surface area contributed by atoms with Crippen molar-refractivity contribution < 1.29 is 5.11 Å². The van der Waals surface area contributed by atoms with Crippen LogP contribution in [-0.2, 0) is 0 Å². The van der Waals surface area contributed by atoms with E-state index in [-0.39, 0.29) is 6.10 Å². The Morgan fingerprint density at radius 2 is 2.12 bits per heavy atom. The summed E-state index contributed by atoms with van der Waals surface area (Å²) in [6, 6.07) is 8.15. The highest BCUT2D eigenvalue weighted by Crippen LogP contribution is 2.22. The third-order valence-corrected chi connectivity index (χ3v) is 3.44. The molecule has 0 bridgehead atoms. The van der Waals surface area contributed by atoms with E-state index >= 15 is 0 Å². The zero-order chi connectivity index (χ0) is 12.0. The summed E-state index contributed by atoms with van der Waals surface area (Å²) < 4.78 is 0. The number of rotatable bonds is 6. The fraction of sp³-hybridized carbons (Fsp3) is 0.538. The molecule has 0 aromatic heterocycles. The largest absolute Gasteiger partial charge is 0.389 e. The first-order chi connectivity index (χ1) is 7.59. The summed E-state index contributed by atoms with van der Waals surface area (Å²) in [7, 11) is 4.19. The Bertz CT molecular complexity index is 313. The predicted octanol–water partition coefficient (Wildman–Crippen LogP) is 2.78. The number of hydrogen-bond acceptors (Lipinski definition) is 3. The molecular formula is C13H21NOS. The number of benzene rings is 1. The highest BCUT2D eigenvalue weighted by atomic mass is 32.2. The van der Waals surface area contributed by atoms with Crippen molar-refractivity contribution >= 4 is 11.8 Å². The molecule has 1 N–H and O–H groups in total. The van der Waals surface area contributed by atoms with Crippen LogP contribution in [0.15, 0.2) is 29.2 Å². The van der Waals surface area contributed by atoms with Crippen LogP contribution in [0, 0.1) is 0 Å². The third-order valence-electron chi connectivity index (χ3n) is 2.36. The summed E-state index contributed by atoms with van der Waals surface area (Å²) in [5.41, 5.74) is 0.998. The lowest BCUT2D eigenvalue weighted by Gasteiger charge is -2.09. The molecule has 0 heterocycles. The minimum absolute atomic E-state index is 0.373. The van der Waals surface area contributed by atoms with Crippen LogP contribution < -0.4 is 0 Å². The Morgan fingerprint density at radius 3 is 2.75 bits per heavy atom. The molecule has 0 spiro atoms. The molecule has 1 unspecified atom stereocenters. The summed E-state index contributed by atoms with van der Waals surface area (Å²) in [5.74, 6) is 1.13. The molecule has 0 aliphatic heterocycles. The molecule has 1 aromatic carbocycles. The molecule has 0 saturated heterocycles. The number of aliphatic hydroxyl groups is 1. The Morgan fingerprint density at radius 1 is 1.38 bits per heavy atom. The zero-order valence-electron chi connectivity index (χ0n) is 10.3. The van der Waals surface area contributed by atoms with E-state index in [1.807, 2.05) is 23.9 Å². The van der Waals surface area contributed by atoms with Gasteiger partial charge in [0.2, 0.25) is 0 Å². The molecular weight excluding hydrogens is 218 g/mol. The highest BCUT2D eigenvalue weighted by molar-refractivity contribution is 7.99. The summed E-state index contributed by atoms with van der Waals surface area (Å²) in [4.78, 5) is 3.45. The first-order valence-corrected chi connectivity index (χ1v) is 6.63. The Hall–Kier alpha value is -0.510. The van der Waals surface area contributed by atoms with Crippen LogP contribution in [0.1, 0.15) is 25.0 Å². The Kier molecular flexibility index (Phi) is 5.88. The maximum absolute atomic E-state index is 9.48. The first-order valence-electron chi connectivity index (χ1n) is 5.65. The van der Waals surface area contributed by atoms with Crippen LogP contribution in [0.3, 0.4) is 0 Å². The molecule has 2 nitrogen and oxygen atoms in total. The van der Waals surface area contributed by atoms with Gasteiger partial charge >= 0.3 is 0 Å². The summed E-state index contributed by atoms with van der Waals surface area (Å²) in [5, 5.41) is 9.48. The quantitative estimate of drug-likeness (QED) is 0.610. The number of hydrogen-bond donors (Lipinski definition) is 1. The van der Waals surface area contributed by atoms with Crippen LogP contribution in [0.4, 0.5) is 0 Å². The fourth-order valence-electron chi connectivity index (χ4n) is 1.43. The second-order valence-corrected chi connectivity index (χ2v) is 5.42. The first kappa shape index (κ1) is 13.6. The van der Waals surface area contributed by atoms with Gasteiger partial charge in [-0.05, 0) is 57.4 Å². The van der Waals surface area contributed by atoms with Crippen LogP contribution in [0.5, 0.6) is 0 Å². The maximum Gasteiger partial charge on any atom is 0.0762 e. The second-order valence-electron chi connectivity index (χ2n) is 4.25. The molecule has 0 amide bonds. The van der Waals surface area contributed by atoms with Crippen molar-refractivity contribution in [1.82, 2.24) is 4.90 Å². The van der Waals surface area contributed by atoms with Gasteiger partial charge in [-0.1, -0.05) is 12.1 Å². The summed E-state index contributed by atoms with van der Waals surface area (Å²) in [6.45, 7) is 2.93. The molecule has 1 aromatic rings. The van der Waals surface area contributed by atoms with Gasteiger partial charge in [-0.3, -0.25) is 0 Å². The lowest BCUT2D eigenvalue weighted by Crippen LogP contribution is -2.13. The van der Waals surface area contributed by atoms with E-state index in [2.05, 4.69) is 31.1 Å². The lowest BCUT2D eigenvalue weighted by molar-refractivity contribution is 0.199. The maximum atomic E-state index is 9.48. The molecule has 3 heteroatoms. The smallest absolute Gasteiger partial charge is 0.0762 e.